The van der Waals surface area contributed by atoms with E-state index >= 15 is 0 Å². The molecule has 2 saturated heterocycles. The first-order chi connectivity index (χ1) is 11.7. The zero-order valence-electron chi connectivity index (χ0n) is 13.8. The minimum atomic E-state index is -0.0330. The number of carbonyl (C=O) groups excluding carboxylic acids is 1. The van der Waals surface area contributed by atoms with Crippen LogP contribution in [0.25, 0.3) is 0 Å². The maximum absolute atomic E-state index is 13.0. The Hall–Kier alpha value is -1.84. The lowest BCUT2D eigenvalue weighted by Crippen LogP contribution is -2.32. The van der Waals surface area contributed by atoms with Crippen LogP contribution < -0.4 is 4.90 Å². The van der Waals surface area contributed by atoms with Crippen molar-refractivity contribution in [3.63, 3.8) is 0 Å². The summed E-state index contributed by atoms with van der Waals surface area (Å²) in [6.07, 6.45) is 3.02. The monoisotopic (exact) mass is 340 g/mol. The maximum atomic E-state index is 13.0. The Morgan fingerprint density at radius 2 is 1.96 bits per heavy atom. The highest BCUT2D eigenvalue weighted by atomic mass is 35.5. The molecule has 24 heavy (non-hydrogen) atoms. The van der Waals surface area contributed by atoms with E-state index in [1.807, 2.05) is 29.2 Å². The molecular formula is C20H21ClN2O. The zero-order chi connectivity index (χ0) is 16.7. The number of halogens is 1. The van der Waals surface area contributed by atoms with Gasteiger partial charge in [0.25, 0.3) is 0 Å². The SMILES string of the molecule is CCc1ccc([C@H]2N(c3cccc(Cl)c3)C(=O)[C@@H]3CCCN32)cc1. The van der Waals surface area contributed by atoms with E-state index in [9.17, 15) is 4.79 Å². The topological polar surface area (TPSA) is 23.6 Å². The van der Waals surface area contributed by atoms with Gasteiger partial charge >= 0.3 is 0 Å². The molecule has 0 aromatic heterocycles. The standard InChI is InChI=1S/C20H21ClN2O/c1-2-14-8-10-15(11-9-14)19-22-12-4-7-18(22)20(24)23(19)17-6-3-5-16(21)13-17/h3,5-6,8-11,13,18-19H,2,4,7,12H2,1H3/t18-,19+/m0/s1. The first-order valence-corrected chi connectivity index (χ1v) is 9.00. The smallest absolute Gasteiger partial charge is 0.246 e. The summed E-state index contributed by atoms with van der Waals surface area (Å²) in [7, 11) is 0. The van der Waals surface area contributed by atoms with Crippen molar-refractivity contribution in [3.8, 4) is 0 Å². The second-order valence-corrected chi connectivity index (χ2v) is 6.99. The maximum Gasteiger partial charge on any atom is 0.246 e. The van der Waals surface area contributed by atoms with E-state index in [-0.39, 0.29) is 18.1 Å². The van der Waals surface area contributed by atoms with Crippen molar-refractivity contribution in [2.24, 2.45) is 0 Å². The molecule has 0 spiro atoms. The number of carbonyl (C=O) groups is 1. The Labute approximate surface area is 147 Å². The van der Waals surface area contributed by atoms with Gasteiger partial charge in [0.1, 0.15) is 6.17 Å². The molecule has 2 heterocycles. The van der Waals surface area contributed by atoms with E-state index in [0.717, 1.165) is 31.5 Å². The van der Waals surface area contributed by atoms with Crippen LogP contribution in [-0.2, 0) is 11.2 Å². The van der Waals surface area contributed by atoms with Crippen LogP contribution in [0, 0.1) is 0 Å². The number of amides is 1. The van der Waals surface area contributed by atoms with E-state index in [4.69, 9.17) is 11.6 Å². The van der Waals surface area contributed by atoms with Gasteiger partial charge < -0.3 is 0 Å². The third-order valence-electron chi connectivity index (χ3n) is 5.15. The molecule has 2 atom stereocenters. The number of benzene rings is 2. The van der Waals surface area contributed by atoms with Crippen molar-refractivity contribution >= 4 is 23.2 Å². The van der Waals surface area contributed by atoms with Gasteiger partial charge in [0, 0.05) is 17.3 Å². The second kappa shape index (κ2) is 6.23. The lowest BCUT2D eigenvalue weighted by Gasteiger charge is -2.30. The summed E-state index contributed by atoms with van der Waals surface area (Å²) in [6.45, 7) is 3.12. The third kappa shape index (κ3) is 2.52. The van der Waals surface area contributed by atoms with Gasteiger partial charge in [-0.25, -0.2) is 0 Å². The van der Waals surface area contributed by atoms with E-state index in [1.54, 1.807) is 0 Å². The number of rotatable bonds is 3. The fourth-order valence-corrected chi connectivity index (χ4v) is 4.12. The van der Waals surface area contributed by atoms with Gasteiger partial charge in [-0.3, -0.25) is 14.6 Å². The molecule has 0 bridgehead atoms. The molecule has 2 fully saturated rings. The van der Waals surface area contributed by atoms with Crippen molar-refractivity contribution in [2.75, 3.05) is 11.4 Å². The summed E-state index contributed by atoms with van der Waals surface area (Å²) in [5.41, 5.74) is 3.37. The van der Waals surface area contributed by atoms with E-state index in [0.29, 0.717) is 5.02 Å². The molecule has 0 saturated carbocycles. The average molecular weight is 341 g/mol. The highest BCUT2D eigenvalue weighted by Gasteiger charge is 2.49. The summed E-state index contributed by atoms with van der Waals surface area (Å²) in [5, 5.41) is 0.660. The van der Waals surface area contributed by atoms with Crippen LogP contribution in [0.1, 0.15) is 37.1 Å². The predicted octanol–water partition coefficient (Wildman–Crippen LogP) is 4.41. The molecule has 4 heteroatoms. The Bertz CT molecular complexity index is 758. The molecule has 0 N–H and O–H groups in total. The molecule has 4 rings (SSSR count). The summed E-state index contributed by atoms with van der Waals surface area (Å²) >= 11 is 6.17. The number of nitrogens with zero attached hydrogens (tertiary/aromatic N) is 2. The van der Waals surface area contributed by atoms with E-state index in [1.165, 1.54) is 11.1 Å². The van der Waals surface area contributed by atoms with E-state index in [2.05, 4.69) is 36.1 Å². The molecule has 3 nitrogen and oxygen atoms in total. The summed E-state index contributed by atoms with van der Waals surface area (Å²) in [6, 6.07) is 16.3. The Morgan fingerprint density at radius 1 is 1.17 bits per heavy atom. The highest BCUT2D eigenvalue weighted by molar-refractivity contribution is 6.31. The van der Waals surface area contributed by atoms with Crippen molar-refractivity contribution < 1.29 is 4.79 Å². The molecular weight excluding hydrogens is 320 g/mol. The molecule has 2 aliphatic rings. The Kier molecular flexibility index (Phi) is 4.07. The summed E-state index contributed by atoms with van der Waals surface area (Å²) in [5.74, 6) is 0.194. The van der Waals surface area contributed by atoms with Gasteiger partial charge in [-0.1, -0.05) is 48.9 Å². The number of anilines is 1. The number of hydrogen-bond donors (Lipinski definition) is 0. The first kappa shape index (κ1) is 15.7. The minimum absolute atomic E-state index is 0.000154. The molecule has 2 aromatic rings. The van der Waals surface area contributed by atoms with Crippen molar-refractivity contribution in [3.05, 3.63) is 64.7 Å². The van der Waals surface area contributed by atoms with Crippen molar-refractivity contribution in [1.82, 2.24) is 4.90 Å². The van der Waals surface area contributed by atoms with Crippen molar-refractivity contribution in [1.29, 1.82) is 0 Å². The number of aryl methyl sites for hydroxylation is 1. The lowest BCUT2D eigenvalue weighted by molar-refractivity contribution is -0.119. The van der Waals surface area contributed by atoms with Gasteiger partial charge in [-0.15, -0.1) is 0 Å². The summed E-state index contributed by atoms with van der Waals surface area (Å²) in [4.78, 5) is 17.3. The fourth-order valence-electron chi connectivity index (χ4n) is 3.94. The van der Waals surface area contributed by atoms with Crippen LogP contribution in [0.3, 0.4) is 0 Å². The largest absolute Gasteiger partial charge is 0.290 e. The second-order valence-electron chi connectivity index (χ2n) is 6.55. The van der Waals surface area contributed by atoms with Gasteiger partial charge in [-0.2, -0.15) is 0 Å². The van der Waals surface area contributed by atoms with E-state index < -0.39 is 0 Å². The fraction of sp³-hybridized carbons (Fsp3) is 0.350. The van der Waals surface area contributed by atoms with Crippen LogP contribution in [-0.4, -0.2) is 23.4 Å². The Morgan fingerprint density at radius 3 is 2.67 bits per heavy atom. The molecule has 2 aliphatic heterocycles. The van der Waals surface area contributed by atoms with Crippen LogP contribution in [0.5, 0.6) is 0 Å². The molecule has 2 aromatic carbocycles. The Balaban J connectivity index is 1.78. The minimum Gasteiger partial charge on any atom is -0.290 e. The van der Waals surface area contributed by atoms with Gasteiger partial charge in [0.2, 0.25) is 5.91 Å². The third-order valence-corrected chi connectivity index (χ3v) is 5.38. The van der Waals surface area contributed by atoms with Gasteiger partial charge in [-0.05, 0) is 48.6 Å². The molecule has 0 radical (unpaired) electrons. The molecule has 124 valence electrons. The van der Waals surface area contributed by atoms with Gasteiger partial charge in [0.15, 0.2) is 0 Å². The highest BCUT2D eigenvalue weighted by Crippen LogP contribution is 2.42. The quantitative estimate of drug-likeness (QED) is 0.826. The summed E-state index contributed by atoms with van der Waals surface area (Å²) < 4.78 is 0. The van der Waals surface area contributed by atoms with Crippen LogP contribution in [0.15, 0.2) is 48.5 Å². The number of fused-ring (bicyclic) bond motifs is 1. The van der Waals surface area contributed by atoms with Gasteiger partial charge in [0.05, 0.1) is 6.04 Å². The van der Waals surface area contributed by atoms with Crippen LogP contribution >= 0.6 is 11.6 Å². The van der Waals surface area contributed by atoms with Crippen LogP contribution in [0.2, 0.25) is 5.02 Å². The lowest BCUT2D eigenvalue weighted by atomic mass is 10.1. The van der Waals surface area contributed by atoms with Crippen molar-refractivity contribution in [2.45, 2.75) is 38.4 Å². The predicted molar refractivity (Wildman–Crippen MR) is 97.2 cm³/mol. The first-order valence-electron chi connectivity index (χ1n) is 8.62. The van der Waals surface area contributed by atoms with Crippen LogP contribution in [0.4, 0.5) is 5.69 Å². The molecule has 1 amide bonds. The normalized spacial score (nSPS) is 23.8. The molecule has 0 unspecified atom stereocenters. The molecule has 0 aliphatic carbocycles. The average Bonchev–Trinajstić information content (AvgIpc) is 3.17. The zero-order valence-corrected chi connectivity index (χ0v) is 14.5. The number of hydrogen-bond acceptors (Lipinski definition) is 2.